The van der Waals surface area contributed by atoms with E-state index in [2.05, 4.69) is 30.3 Å². The second-order valence-electron chi connectivity index (χ2n) is 5.44. The molecule has 1 atom stereocenters. The molecule has 0 aromatic heterocycles. The lowest BCUT2D eigenvalue weighted by Crippen LogP contribution is -2.08. The molecule has 1 aromatic rings. The first-order valence-corrected chi connectivity index (χ1v) is 7.59. The molecule has 0 nitrogen and oxygen atoms in total. The van der Waals surface area contributed by atoms with Gasteiger partial charge in [0.1, 0.15) is 0 Å². The molecule has 2 spiro atoms. The molecule has 0 bridgehead atoms. The Morgan fingerprint density at radius 3 is 2.00 bits per heavy atom. The van der Waals surface area contributed by atoms with E-state index in [-0.39, 0.29) is 7.92 Å². The van der Waals surface area contributed by atoms with Crippen LogP contribution in [0.5, 0.6) is 0 Å². The van der Waals surface area contributed by atoms with E-state index in [1.165, 1.54) is 12.8 Å². The molecule has 2 aliphatic carbocycles. The molecule has 1 heteroatoms. The van der Waals surface area contributed by atoms with Gasteiger partial charge in [0.15, 0.2) is 0 Å². The summed E-state index contributed by atoms with van der Waals surface area (Å²) < 4.78 is 0. The van der Waals surface area contributed by atoms with Gasteiger partial charge in [-0.1, -0.05) is 51.1 Å². The van der Waals surface area contributed by atoms with Gasteiger partial charge in [0.05, 0.1) is 0 Å². The van der Waals surface area contributed by atoms with Crippen molar-refractivity contribution in [2.45, 2.75) is 48.8 Å². The number of hydrogen-bond donors (Lipinski definition) is 0. The van der Waals surface area contributed by atoms with Gasteiger partial charge in [-0.25, -0.2) is 0 Å². The summed E-state index contributed by atoms with van der Waals surface area (Å²) in [4.78, 5) is 0. The zero-order valence-electron chi connectivity index (χ0n) is 9.08. The van der Waals surface area contributed by atoms with Crippen molar-refractivity contribution in [2.24, 2.45) is 0 Å². The van der Waals surface area contributed by atoms with E-state index in [4.69, 9.17) is 0 Å². The molecular weight excluding hydrogens is 199 g/mol. The molecule has 1 aromatic carbocycles. The Morgan fingerprint density at radius 1 is 0.800 bits per heavy atom. The van der Waals surface area contributed by atoms with E-state index in [1.807, 2.05) is 0 Å². The smallest absolute Gasteiger partial charge is 0.00504 e. The summed E-state index contributed by atoms with van der Waals surface area (Å²) in [6.45, 7) is 0. The minimum absolute atomic E-state index is 0.237. The van der Waals surface area contributed by atoms with Crippen molar-refractivity contribution in [1.82, 2.24) is 0 Å². The summed E-state index contributed by atoms with van der Waals surface area (Å²) >= 11 is 0. The molecule has 1 aliphatic heterocycles. The van der Waals surface area contributed by atoms with Gasteiger partial charge in [0, 0.05) is 10.3 Å². The number of fused-ring (bicyclic) bond motifs is 1. The lowest BCUT2D eigenvalue weighted by Gasteiger charge is -2.07. The normalized spacial score (nSPS) is 33.5. The Morgan fingerprint density at radius 2 is 1.40 bits per heavy atom. The van der Waals surface area contributed by atoms with E-state index in [0.717, 1.165) is 10.3 Å². The van der Waals surface area contributed by atoms with Crippen LogP contribution in [-0.2, 0) is 0 Å². The maximum absolute atomic E-state index is 2.39. The van der Waals surface area contributed by atoms with Crippen LogP contribution < -0.4 is 5.30 Å². The summed E-state index contributed by atoms with van der Waals surface area (Å²) in [6, 6.07) is 11.4. The van der Waals surface area contributed by atoms with Crippen LogP contribution in [-0.4, -0.2) is 10.3 Å². The lowest BCUT2D eigenvalue weighted by molar-refractivity contribution is 0.655. The molecule has 1 heterocycles. The van der Waals surface area contributed by atoms with E-state index in [0.29, 0.717) is 0 Å². The van der Waals surface area contributed by atoms with Crippen LogP contribution in [0.15, 0.2) is 30.3 Å². The van der Waals surface area contributed by atoms with Gasteiger partial charge < -0.3 is 0 Å². The Kier molecular flexibility index (Phi) is 1.55. The number of rotatable bonds is 1. The van der Waals surface area contributed by atoms with Gasteiger partial charge >= 0.3 is 0 Å². The van der Waals surface area contributed by atoms with Gasteiger partial charge in [0.25, 0.3) is 0 Å². The van der Waals surface area contributed by atoms with E-state index in [1.54, 1.807) is 31.0 Å². The molecule has 0 radical (unpaired) electrons. The van der Waals surface area contributed by atoms with Crippen LogP contribution in [0, 0.1) is 0 Å². The molecule has 1 unspecified atom stereocenters. The highest BCUT2D eigenvalue weighted by Gasteiger charge is 2.81. The standard InChI is InChI=1S/C14H17P/c1-2-6-12(7-3-1)15-13(8-4-5-9-13)14(15)10-11-14/h1-3,6-7H,4-5,8-11H2. The molecule has 1 saturated heterocycles. The summed E-state index contributed by atoms with van der Waals surface area (Å²) in [5, 5.41) is 3.40. The molecule has 0 amide bonds. The fourth-order valence-corrected chi connectivity index (χ4v) is 8.60. The van der Waals surface area contributed by atoms with Crippen molar-refractivity contribution in [3.05, 3.63) is 30.3 Å². The van der Waals surface area contributed by atoms with Crippen molar-refractivity contribution >= 4 is 13.2 Å². The Labute approximate surface area is 92.8 Å². The van der Waals surface area contributed by atoms with Crippen molar-refractivity contribution in [1.29, 1.82) is 0 Å². The number of benzene rings is 1. The first kappa shape index (κ1) is 8.76. The highest BCUT2D eigenvalue weighted by atomic mass is 31.1. The third kappa shape index (κ3) is 0.929. The van der Waals surface area contributed by atoms with Gasteiger partial charge in [-0.15, -0.1) is 0 Å². The Hall–Kier alpha value is -0.350. The maximum Gasteiger partial charge on any atom is 0.00504 e. The second-order valence-corrected chi connectivity index (χ2v) is 8.34. The van der Waals surface area contributed by atoms with Crippen molar-refractivity contribution in [3.63, 3.8) is 0 Å². The van der Waals surface area contributed by atoms with Crippen LogP contribution in [0.2, 0.25) is 0 Å². The van der Waals surface area contributed by atoms with Crippen LogP contribution in [0.1, 0.15) is 38.5 Å². The quantitative estimate of drug-likeness (QED) is 0.628. The molecule has 15 heavy (non-hydrogen) atoms. The molecule has 78 valence electrons. The molecule has 3 fully saturated rings. The zero-order chi connectivity index (χ0) is 9.93. The lowest BCUT2D eigenvalue weighted by atomic mass is 10.0. The molecular formula is C14H17P. The van der Waals surface area contributed by atoms with Crippen LogP contribution in [0.3, 0.4) is 0 Å². The Bertz CT molecular complexity index is 385. The van der Waals surface area contributed by atoms with E-state index < -0.39 is 0 Å². The molecule has 0 N–H and O–H groups in total. The number of hydrogen-bond acceptors (Lipinski definition) is 0. The third-order valence-electron chi connectivity index (χ3n) is 4.84. The van der Waals surface area contributed by atoms with Crippen LogP contribution in [0.4, 0.5) is 0 Å². The van der Waals surface area contributed by atoms with E-state index in [9.17, 15) is 0 Å². The van der Waals surface area contributed by atoms with Crippen molar-refractivity contribution in [2.75, 3.05) is 0 Å². The first-order chi connectivity index (χ1) is 7.39. The Balaban J connectivity index is 1.75. The maximum atomic E-state index is 2.39. The van der Waals surface area contributed by atoms with Crippen LogP contribution >= 0.6 is 7.92 Å². The summed E-state index contributed by atoms with van der Waals surface area (Å²) in [5.74, 6) is 0. The highest BCUT2D eigenvalue weighted by Crippen LogP contribution is 2.95. The average Bonchev–Trinajstić information content (AvgIpc) is 3.10. The largest absolute Gasteiger partial charge is 0.0622 e. The monoisotopic (exact) mass is 216 g/mol. The summed E-state index contributed by atoms with van der Waals surface area (Å²) in [7, 11) is 0.237. The van der Waals surface area contributed by atoms with Crippen molar-refractivity contribution in [3.8, 4) is 0 Å². The summed E-state index contributed by atoms with van der Waals surface area (Å²) in [6.07, 6.45) is 9.21. The highest BCUT2D eigenvalue weighted by molar-refractivity contribution is 7.77. The van der Waals surface area contributed by atoms with Crippen molar-refractivity contribution < 1.29 is 0 Å². The van der Waals surface area contributed by atoms with Crippen LogP contribution in [0.25, 0.3) is 0 Å². The second kappa shape index (κ2) is 2.66. The topological polar surface area (TPSA) is 0 Å². The molecule has 2 saturated carbocycles. The molecule has 4 rings (SSSR count). The average molecular weight is 216 g/mol. The SMILES string of the molecule is c1ccc(P2C3(CCCC3)C23CC3)cc1. The predicted molar refractivity (Wildman–Crippen MR) is 66.2 cm³/mol. The third-order valence-corrected chi connectivity index (χ3v) is 8.89. The van der Waals surface area contributed by atoms with Gasteiger partial charge in [0.2, 0.25) is 0 Å². The zero-order valence-corrected chi connectivity index (χ0v) is 9.97. The van der Waals surface area contributed by atoms with Gasteiger partial charge in [-0.2, -0.15) is 0 Å². The first-order valence-electron chi connectivity index (χ1n) is 6.25. The summed E-state index contributed by atoms with van der Waals surface area (Å²) in [5.41, 5.74) is 0. The predicted octanol–water partition coefficient (Wildman–Crippen LogP) is 3.65. The fraction of sp³-hybridized carbons (Fsp3) is 0.571. The molecule has 3 aliphatic rings. The minimum Gasteiger partial charge on any atom is -0.0622 e. The minimum atomic E-state index is 0.237. The van der Waals surface area contributed by atoms with E-state index >= 15 is 0 Å². The van der Waals surface area contributed by atoms with Gasteiger partial charge in [-0.3, -0.25) is 0 Å². The van der Waals surface area contributed by atoms with Gasteiger partial charge in [-0.05, 0) is 31.0 Å². The fourth-order valence-electron chi connectivity index (χ4n) is 4.09.